The molecule has 5 aromatic rings. The van der Waals surface area contributed by atoms with Crippen LogP contribution in [0.1, 0.15) is 43.5 Å². The average molecular weight is 564 g/mol. The summed E-state index contributed by atoms with van der Waals surface area (Å²) in [5, 5.41) is 0.506. The Hall–Kier alpha value is -3.85. The molecule has 0 aliphatic carbocycles. The van der Waals surface area contributed by atoms with E-state index >= 15 is 8.78 Å². The Morgan fingerprint density at radius 3 is 2.77 bits per heavy atom. The number of para-hydroxylation sites is 1. The minimum Gasteiger partial charge on any atom is -0.493 e. The topological polar surface area (TPSA) is 62.9 Å². The van der Waals surface area contributed by atoms with E-state index in [-0.39, 0.29) is 22.6 Å². The van der Waals surface area contributed by atoms with Gasteiger partial charge in [-0.05, 0) is 55.9 Å². The zero-order valence-electron chi connectivity index (χ0n) is 22.3. The standard InChI is InChI=1S/C31H28F3N3O2S/c1-4-6-17-7-5-8-21-27(17)38-14-12-31(21,2)23-16-36-30(37-23)20-15-18(9-10-22(20)32)39-28-25(34)24(33)26-19(11-13-35-26)29(28)40-3/h5,7-11,13,15-16,35H,4,6,12,14H2,1-3H3,(H,36,37)/t31-/m0/s1. The van der Waals surface area contributed by atoms with Gasteiger partial charge in [-0.1, -0.05) is 31.5 Å². The van der Waals surface area contributed by atoms with Crippen molar-refractivity contribution in [3.63, 3.8) is 0 Å². The SMILES string of the molecule is CCCc1cccc2c1OCC[C@]2(C)c1cnc(-c2cc(Oc3c(F)c(F)c4[nH]ccc4c3SC)ccc2F)[nH]1. The number of fused-ring (bicyclic) bond motifs is 2. The fraction of sp³-hybridized carbons (Fsp3) is 0.258. The van der Waals surface area contributed by atoms with Crippen LogP contribution in [0.2, 0.25) is 0 Å². The van der Waals surface area contributed by atoms with Gasteiger partial charge in [0.05, 0.1) is 22.6 Å². The molecule has 5 nitrogen and oxygen atoms in total. The second kappa shape index (κ2) is 10.3. The molecule has 2 aromatic heterocycles. The van der Waals surface area contributed by atoms with Crippen LogP contribution in [-0.4, -0.2) is 27.8 Å². The van der Waals surface area contributed by atoms with E-state index in [2.05, 4.69) is 40.9 Å². The number of aryl methyl sites for hydroxylation is 1. The largest absolute Gasteiger partial charge is 0.493 e. The molecule has 9 heteroatoms. The summed E-state index contributed by atoms with van der Waals surface area (Å²) in [4.78, 5) is 11.0. The van der Waals surface area contributed by atoms with Gasteiger partial charge < -0.3 is 19.4 Å². The first-order valence-corrected chi connectivity index (χ1v) is 14.4. The van der Waals surface area contributed by atoms with Crippen molar-refractivity contribution in [1.29, 1.82) is 0 Å². The van der Waals surface area contributed by atoms with Crippen molar-refractivity contribution in [2.24, 2.45) is 0 Å². The van der Waals surface area contributed by atoms with Gasteiger partial charge in [0.25, 0.3) is 0 Å². The Labute approximate surface area is 234 Å². The molecule has 0 spiro atoms. The van der Waals surface area contributed by atoms with E-state index in [4.69, 9.17) is 9.47 Å². The molecule has 206 valence electrons. The van der Waals surface area contributed by atoms with Gasteiger partial charge in [-0.3, -0.25) is 0 Å². The first-order valence-electron chi connectivity index (χ1n) is 13.2. The van der Waals surface area contributed by atoms with Gasteiger partial charge in [0.15, 0.2) is 11.6 Å². The summed E-state index contributed by atoms with van der Waals surface area (Å²) in [6.07, 6.45) is 7.69. The van der Waals surface area contributed by atoms with Crippen LogP contribution in [0, 0.1) is 17.5 Å². The van der Waals surface area contributed by atoms with Crippen molar-refractivity contribution < 1.29 is 22.6 Å². The Morgan fingerprint density at radius 1 is 1.12 bits per heavy atom. The highest BCUT2D eigenvalue weighted by Crippen LogP contribution is 2.46. The highest BCUT2D eigenvalue weighted by Gasteiger charge is 2.37. The molecule has 0 radical (unpaired) electrons. The number of aromatic amines is 2. The summed E-state index contributed by atoms with van der Waals surface area (Å²) >= 11 is 1.24. The Morgan fingerprint density at radius 2 is 1.98 bits per heavy atom. The predicted molar refractivity (Wildman–Crippen MR) is 151 cm³/mol. The molecule has 0 saturated heterocycles. The number of halogens is 3. The number of hydrogen-bond donors (Lipinski definition) is 2. The molecule has 40 heavy (non-hydrogen) atoms. The van der Waals surface area contributed by atoms with Crippen molar-refractivity contribution in [3.05, 3.63) is 89.1 Å². The van der Waals surface area contributed by atoms with E-state index < -0.39 is 22.9 Å². The van der Waals surface area contributed by atoms with Crippen LogP contribution < -0.4 is 9.47 Å². The molecule has 0 fully saturated rings. The molecule has 0 unspecified atom stereocenters. The second-order valence-corrected chi connectivity index (χ2v) is 10.9. The van der Waals surface area contributed by atoms with E-state index in [0.29, 0.717) is 22.7 Å². The maximum atomic E-state index is 15.1. The van der Waals surface area contributed by atoms with E-state index in [9.17, 15) is 4.39 Å². The normalized spacial score (nSPS) is 16.6. The lowest BCUT2D eigenvalue weighted by atomic mass is 9.74. The van der Waals surface area contributed by atoms with Crippen LogP contribution in [0.15, 0.2) is 59.8 Å². The quantitative estimate of drug-likeness (QED) is 0.195. The molecule has 0 amide bonds. The number of aromatic nitrogens is 3. The lowest BCUT2D eigenvalue weighted by molar-refractivity contribution is 0.239. The van der Waals surface area contributed by atoms with Crippen molar-refractivity contribution in [2.45, 2.75) is 43.4 Å². The van der Waals surface area contributed by atoms with Gasteiger partial charge in [-0.25, -0.2) is 13.8 Å². The van der Waals surface area contributed by atoms with Crippen LogP contribution in [0.3, 0.4) is 0 Å². The number of imidazole rings is 1. The van der Waals surface area contributed by atoms with Gasteiger partial charge in [-0.2, -0.15) is 4.39 Å². The van der Waals surface area contributed by atoms with Gasteiger partial charge in [0.1, 0.15) is 23.1 Å². The zero-order valence-corrected chi connectivity index (χ0v) is 23.1. The van der Waals surface area contributed by atoms with Gasteiger partial charge in [-0.15, -0.1) is 11.8 Å². The number of nitrogens with one attached hydrogen (secondary N) is 2. The maximum absolute atomic E-state index is 15.1. The highest BCUT2D eigenvalue weighted by atomic mass is 32.2. The molecular formula is C31H28F3N3O2S. The van der Waals surface area contributed by atoms with Gasteiger partial charge >= 0.3 is 0 Å². The Balaban J connectivity index is 1.37. The number of nitrogens with zero attached hydrogens (tertiary/aromatic N) is 1. The molecule has 3 aromatic carbocycles. The third kappa shape index (κ3) is 4.23. The summed E-state index contributed by atoms with van der Waals surface area (Å²) in [6.45, 7) is 4.83. The monoisotopic (exact) mass is 563 g/mol. The molecule has 1 atom stereocenters. The van der Waals surface area contributed by atoms with Crippen molar-refractivity contribution in [2.75, 3.05) is 12.9 Å². The van der Waals surface area contributed by atoms with E-state index in [1.807, 2.05) is 6.07 Å². The van der Waals surface area contributed by atoms with Crippen LogP contribution in [-0.2, 0) is 11.8 Å². The minimum atomic E-state index is -1.11. The lowest BCUT2D eigenvalue weighted by Crippen LogP contribution is -2.32. The minimum absolute atomic E-state index is 0.0714. The second-order valence-electron chi connectivity index (χ2n) is 10.1. The summed E-state index contributed by atoms with van der Waals surface area (Å²) in [5.41, 5.74) is 2.90. The average Bonchev–Trinajstić information content (AvgIpc) is 3.65. The molecule has 0 bridgehead atoms. The van der Waals surface area contributed by atoms with Crippen molar-refractivity contribution in [3.8, 4) is 28.6 Å². The summed E-state index contributed by atoms with van der Waals surface area (Å²) < 4.78 is 56.8. The third-order valence-electron chi connectivity index (χ3n) is 7.66. The van der Waals surface area contributed by atoms with E-state index in [1.54, 1.807) is 24.7 Å². The van der Waals surface area contributed by atoms with Crippen LogP contribution >= 0.6 is 11.8 Å². The van der Waals surface area contributed by atoms with E-state index in [0.717, 1.165) is 36.3 Å². The number of benzene rings is 3. The molecule has 2 N–H and O–H groups in total. The maximum Gasteiger partial charge on any atom is 0.204 e. The first-order chi connectivity index (χ1) is 19.4. The smallest absolute Gasteiger partial charge is 0.204 e. The third-order valence-corrected chi connectivity index (χ3v) is 8.47. The van der Waals surface area contributed by atoms with E-state index in [1.165, 1.54) is 35.5 Å². The zero-order chi connectivity index (χ0) is 28.0. The number of thioether (sulfide) groups is 1. The molecule has 1 aliphatic heterocycles. The number of H-pyrrole nitrogens is 2. The lowest BCUT2D eigenvalue weighted by Gasteiger charge is -2.36. The fourth-order valence-corrected chi connectivity index (χ4v) is 6.21. The van der Waals surface area contributed by atoms with Gasteiger partial charge in [0.2, 0.25) is 5.82 Å². The Bertz CT molecular complexity index is 1730. The number of ether oxygens (including phenoxy) is 2. The fourth-order valence-electron chi connectivity index (χ4n) is 5.50. The van der Waals surface area contributed by atoms with Crippen molar-refractivity contribution >= 4 is 22.7 Å². The summed E-state index contributed by atoms with van der Waals surface area (Å²) in [7, 11) is 0. The summed E-state index contributed by atoms with van der Waals surface area (Å²) in [6, 6.07) is 11.9. The number of hydrogen-bond acceptors (Lipinski definition) is 4. The highest BCUT2D eigenvalue weighted by molar-refractivity contribution is 7.99. The molecule has 0 saturated carbocycles. The van der Waals surface area contributed by atoms with Crippen LogP contribution in [0.25, 0.3) is 22.3 Å². The molecular weight excluding hydrogens is 535 g/mol. The van der Waals surface area contributed by atoms with Gasteiger partial charge in [0, 0.05) is 34.5 Å². The Kier molecular flexibility index (Phi) is 6.78. The van der Waals surface area contributed by atoms with Crippen LogP contribution in [0.5, 0.6) is 17.2 Å². The first kappa shape index (κ1) is 26.4. The molecule has 3 heterocycles. The summed E-state index contributed by atoms with van der Waals surface area (Å²) in [5.74, 6) is -1.52. The number of rotatable bonds is 7. The van der Waals surface area contributed by atoms with Crippen LogP contribution in [0.4, 0.5) is 13.2 Å². The predicted octanol–water partition coefficient (Wildman–Crippen LogP) is 8.53. The molecule has 6 rings (SSSR count). The van der Waals surface area contributed by atoms with Crippen molar-refractivity contribution in [1.82, 2.24) is 15.0 Å². The molecule has 1 aliphatic rings.